The molecule has 1 N–H and O–H groups in total. The smallest absolute Gasteiger partial charge is 0.223 e. The molecule has 0 aromatic carbocycles. The summed E-state index contributed by atoms with van der Waals surface area (Å²) in [5.74, 6) is 1.50. The second kappa shape index (κ2) is 9.05. The van der Waals surface area contributed by atoms with Crippen LogP contribution in [0, 0.1) is 11.8 Å². The fourth-order valence-corrected chi connectivity index (χ4v) is 5.37. The van der Waals surface area contributed by atoms with Crippen molar-refractivity contribution >= 4 is 34.4 Å². The third kappa shape index (κ3) is 4.67. The Morgan fingerprint density at radius 1 is 1.07 bits per heavy atom. The van der Waals surface area contributed by atoms with Gasteiger partial charge in [0.25, 0.3) is 0 Å². The SMILES string of the molecule is CC(C)C(NC(=O)C1CCN(c2ccc(-c3cccs3)nn2)CC1)c1cccs1. The zero-order chi connectivity index (χ0) is 20.2. The molecule has 0 radical (unpaired) electrons. The van der Waals surface area contributed by atoms with Crippen molar-refractivity contribution in [2.75, 3.05) is 18.0 Å². The lowest BCUT2D eigenvalue weighted by Crippen LogP contribution is -2.42. The van der Waals surface area contributed by atoms with E-state index in [9.17, 15) is 4.79 Å². The molecule has 1 amide bonds. The van der Waals surface area contributed by atoms with Crippen LogP contribution in [0.3, 0.4) is 0 Å². The first-order chi connectivity index (χ1) is 14.1. The maximum absolute atomic E-state index is 12.9. The minimum atomic E-state index is 0.0609. The third-order valence-electron chi connectivity index (χ3n) is 5.43. The molecule has 1 atom stereocenters. The van der Waals surface area contributed by atoms with Gasteiger partial charge in [0.1, 0.15) is 5.69 Å². The molecule has 1 unspecified atom stereocenters. The average Bonchev–Trinajstić information content (AvgIpc) is 3.46. The summed E-state index contributed by atoms with van der Waals surface area (Å²) in [6.07, 6.45) is 1.69. The van der Waals surface area contributed by atoms with Gasteiger partial charge in [0.2, 0.25) is 5.91 Å². The van der Waals surface area contributed by atoms with E-state index in [-0.39, 0.29) is 17.9 Å². The molecule has 29 heavy (non-hydrogen) atoms. The summed E-state index contributed by atoms with van der Waals surface area (Å²) in [4.78, 5) is 17.5. The first kappa shape index (κ1) is 20.0. The van der Waals surface area contributed by atoms with E-state index in [0.717, 1.165) is 42.3 Å². The van der Waals surface area contributed by atoms with Gasteiger partial charge in [-0.15, -0.1) is 32.9 Å². The summed E-state index contributed by atoms with van der Waals surface area (Å²) in [5, 5.41) is 16.2. The highest BCUT2D eigenvalue weighted by molar-refractivity contribution is 7.13. The third-order valence-corrected chi connectivity index (χ3v) is 7.28. The van der Waals surface area contributed by atoms with Crippen LogP contribution < -0.4 is 10.2 Å². The Kier molecular flexibility index (Phi) is 6.25. The fourth-order valence-electron chi connectivity index (χ4n) is 3.73. The van der Waals surface area contributed by atoms with E-state index in [4.69, 9.17) is 0 Å². The fraction of sp³-hybridized carbons (Fsp3) is 0.409. The number of rotatable bonds is 6. The molecule has 1 saturated heterocycles. The number of nitrogens with zero attached hydrogens (tertiary/aromatic N) is 3. The molecule has 1 aliphatic heterocycles. The summed E-state index contributed by atoms with van der Waals surface area (Å²) in [7, 11) is 0. The van der Waals surface area contributed by atoms with Crippen molar-refractivity contribution in [2.45, 2.75) is 32.7 Å². The molecule has 4 heterocycles. The Balaban J connectivity index is 1.33. The molecule has 7 heteroatoms. The Bertz CT molecular complexity index is 899. The van der Waals surface area contributed by atoms with Crippen molar-refractivity contribution in [1.29, 1.82) is 0 Å². The van der Waals surface area contributed by atoms with E-state index >= 15 is 0 Å². The quantitative estimate of drug-likeness (QED) is 0.603. The molecule has 152 valence electrons. The molecule has 3 aromatic heterocycles. The summed E-state index contributed by atoms with van der Waals surface area (Å²) >= 11 is 3.38. The lowest BCUT2D eigenvalue weighted by atomic mass is 9.94. The second-order valence-electron chi connectivity index (χ2n) is 7.76. The normalized spacial score (nSPS) is 16.2. The zero-order valence-electron chi connectivity index (χ0n) is 16.7. The zero-order valence-corrected chi connectivity index (χ0v) is 18.4. The molecule has 3 aromatic rings. The van der Waals surface area contributed by atoms with Gasteiger partial charge in [-0.3, -0.25) is 4.79 Å². The highest BCUT2D eigenvalue weighted by atomic mass is 32.1. The number of hydrogen-bond donors (Lipinski definition) is 1. The number of piperidine rings is 1. The van der Waals surface area contributed by atoms with Crippen LogP contribution in [-0.2, 0) is 4.79 Å². The van der Waals surface area contributed by atoms with Crippen molar-refractivity contribution in [2.24, 2.45) is 11.8 Å². The van der Waals surface area contributed by atoms with Crippen LogP contribution in [-0.4, -0.2) is 29.2 Å². The van der Waals surface area contributed by atoms with Crippen molar-refractivity contribution in [1.82, 2.24) is 15.5 Å². The van der Waals surface area contributed by atoms with Crippen molar-refractivity contribution in [3.8, 4) is 10.6 Å². The number of anilines is 1. The van der Waals surface area contributed by atoms with Gasteiger partial charge in [-0.2, -0.15) is 0 Å². The average molecular weight is 427 g/mol. The number of amides is 1. The van der Waals surface area contributed by atoms with Crippen molar-refractivity contribution in [3.05, 3.63) is 52.0 Å². The summed E-state index contributed by atoms with van der Waals surface area (Å²) in [6.45, 7) is 5.98. The second-order valence-corrected chi connectivity index (χ2v) is 9.69. The topological polar surface area (TPSA) is 58.1 Å². The highest BCUT2D eigenvalue weighted by Crippen LogP contribution is 2.29. The van der Waals surface area contributed by atoms with E-state index in [1.807, 2.05) is 29.6 Å². The van der Waals surface area contributed by atoms with E-state index < -0.39 is 0 Å². The number of carbonyl (C=O) groups is 1. The Hall–Kier alpha value is -2.25. The summed E-state index contributed by atoms with van der Waals surface area (Å²) in [6, 6.07) is 12.4. The van der Waals surface area contributed by atoms with Crippen LogP contribution in [0.5, 0.6) is 0 Å². The van der Waals surface area contributed by atoms with Gasteiger partial charge in [-0.05, 0) is 53.8 Å². The molecular formula is C22H26N4OS2. The predicted octanol–water partition coefficient (Wildman–Crippen LogP) is 5.00. The summed E-state index contributed by atoms with van der Waals surface area (Å²) in [5.41, 5.74) is 0.909. The van der Waals surface area contributed by atoms with Crippen LogP contribution in [0.25, 0.3) is 10.6 Å². The summed E-state index contributed by atoms with van der Waals surface area (Å²) < 4.78 is 0. The lowest BCUT2D eigenvalue weighted by Gasteiger charge is -2.33. The van der Waals surface area contributed by atoms with Crippen LogP contribution >= 0.6 is 22.7 Å². The highest BCUT2D eigenvalue weighted by Gasteiger charge is 2.28. The minimum absolute atomic E-state index is 0.0609. The molecule has 5 nitrogen and oxygen atoms in total. The number of carbonyl (C=O) groups excluding carboxylic acids is 1. The first-order valence-corrected chi connectivity index (χ1v) is 11.8. The molecule has 0 saturated carbocycles. The van der Waals surface area contributed by atoms with Crippen LogP contribution in [0.15, 0.2) is 47.2 Å². The van der Waals surface area contributed by atoms with E-state index in [2.05, 4.69) is 51.8 Å². The number of aromatic nitrogens is 2. The Morgan fingerprint density at radius 2 is 1.83 bits per heavy atom. The molecular weight excluding hydrogens is 400 g/mol. The monoisotopic (exact) mass is 426 g/mol. The lowest BCUT2D eigenvalue weighted by molar-refractivity contribution is -0.126. The van der Waals surface area contributed by atoms with Gasteiger partial charge in [-0.1, -0.05) is 26.0 Å². The molecule has 1 fully saturated rings. The van der Waals surface area contributed by atoms with Gasteiger partial charge in [0, 0.05) is 23.9 Å². The van der Waals surface area contributed by atoms with E-state index in [1.165, 1.54) is 4.88 Å². The van der Waals surface area contributed by atoms with Gasteiger partial charge >= 0.3 is 0 Å². The molecule has 0 spiro atoms. The van der Waals surface area contributed by atoms with Gasteiger partial charge in [0.15, 0.2) is 5.82 Å². The standard InChI is InChI=1S/C22H26N4OS2/c1-15(2)21(19-6-4-14-29-19)23-22(27)16-9-11-26(12-10-16)20-8-7-17(24-25-20)18-5-3-13-28-18/h3-8,13-16,21H,9-12H2,1-2H3,(H,23,27). The van der Waals surface area contributed by atoms with E-state index in [1.54, 1.807) is 22.7 Å². The van der Waals surface area contributed by atoms with Crippen LogP contribution in [0.4, 0.5) is 5.82 Å². The van der Waals surface area contributed by atoms with Crippen LogP contribution in [0.2, 0.25) is 0 Å². The first-order valence-electron chi connectivity index (χ1n) is 10.1. The van der Waals surface area contributed by atoms with Gasteiger partial charge < -0.3 is 10.2 Å². The maximum Gasteiger partial charge on any atom is 0.223 e. The van der Waals surface area contributed by atoms with Gasteiger partial charge in [0.05, 0.1) is 10.9 Å². The van der Waals surface area contributed by atoms with Crippen molar-refractivity contribution < 1.29 is 4.79 Å². The predicted molar refractivity (Wildman–Crippen MR) is 120 cm³/mol. The van der Waals surface area contributed by atoms with Gasteiger partial charge in [-0.25, -0.2) is 0 Å². The largest absolute Gasteiger partial charge is 0.355 e. The van der Waals surface area contributed by atoms with E-state index in [0.29, 0.717) is 5.92 Å². The molecule has 4 rings (SSSR count). The maximum atomic E-state index is 12.9. The minimum Gasteiger partial charge on any atom is -0.355 e. The Labute approximate surface area is 179 Å². The molecule has 1 aliphatic rings. The molecule has 0 bridgehead atoms. The number of nitrogens with one attached hydrogen (secondary N) is 1. The number of thiophene rings is 2. The Morgan fingerprint density at radius 3 is 2.41 bits per heavy atom. The van der Waals surface area contributed by atoms with Crippen molar-refractivity contribution in [3.63, 3.8) is 0 Å². The molecule has 0 aliphatic carbocycles. The van der Waals surface area contributed by atoms with Crippen LogP contribution in [0.1, 0.15) is 37.6 Å². The number of hydrogen-bond acceptors (Lipinski definition) is 6.